The molecule has 128 valence electrons. The Bertz CT molecular complexity index is 550. The van der Waals surface area contributed by atoms with Crippen molar-refractivity contribution >= 4 is 17.7 Å². The summed E-state index contributed by atoms with van der Waals surface area (Å²) in [5.41, 5.74) is 0.958. The highest BCUT2D eigenvalue weighted by Crippen LogP contribution is 2.48. The van der Waals surface area contributed by atoms with E-state index in [1.54, 1.807) is 33.1 Å². The van der Waals surface area contributed by atoms with Crippen molar-refractivity contribution in [3.63, 3.8) is 0 Å². The SMILES string of the molecule is CCCCN1C(=O)CCSC1c1ccc(OC)c(OC)c1OC. The van der Waals surface area contributed by atoms with Crippen molar-refractivity contribution in [2.75, 3.05) is 33.6 Å². The van der Waals surface area contributed by atoms with Crippen LogP contribution >= 0.6 is 11.8 Å². The number of carbonyl (C=O) groups excluding carboxylic acids is 1. The van der Waals surface area contributed by atoms with Crippen LogP contribution in [0.2, 0.25) is 0 Å². The Labute approximate surface area is 142 Å². The molecule has 23 heavy (non-hydrogen) atoms. The van der Waals surface area contributed by atoms with Crippen LogP contribution in [0.4, 0.5) is 0 Å². The first-order valence-corrected chi connectivity index (χ1v) is 8.92. The molecule has 1 aliphatic rings. The van der Waals surface area contributed by atoms with Crippen molar-refractivity contribution < 1.29 is 19.0 Å². The van der Waals surface area contributed by atoms with Crippen LogP contribution in [0.25, 0.3) is 0 Å². The number of carbonyl (C=O) groups is 1. The molecular formula is C17H25NO4S. The molecule has 1 amide bonds. The van der Waals surface area contributed by atoms with E-state index in [0.717, 1.165) is 30.7 Å². The second-order valence-corrected chi connectivity index (χ2v) is 6.53. The lowest BCUT2D eigenvalue weighted by Gasteiger charge is -2.36. The number of hydrogen-bond acceptors (Lipinski definition) is 5. The molecule has 6 heteroatoms. The van der Waals surface area contributed by atoms with Gasteiger partial charge in [-0.15, -0.1) is 11.8 Å². The Morgan fingerprint density at radius 3 is 2.52 bits per heavy atom. The maximum absolute atomic E-state index is 12.4. The van der Waals surface area contributed by atoms with Gasteiger partial charge in [-0.05, 0) is 18.6 Å². The van der Waals surface area contributed by atoms with Crippen molar-refractivity contribution in [2.24, 2.45) is 0 Å². The Hall–Kier alpha value is -1.56. The normalized spacial score (nSPS) is 18.0. The standard InChI is InChI=1S/C17H25NO4S/c1-5-6-10-18-14(19)9-11-23-17(18)12-7-8-13(20-2)16(22-4)15(12)21-3/h7-8,17H,5-6,9-11H2,1-4H3. The number of rotatable bonds is 7. The third-order valence-corrected chi connectivity index (χ3v) is 5.21. The highest BCUT2D eigenvalue weighted by molar-refractivity contribution is 7.99. The molecule has 1 aromatic rings. The summed E-state index contributed by atoms with van der Waals surface area (Å²) in [6.45, 7) is 2.90. The van der Waals surface area contributed by atoms with Gasteiger partial charge in [0.1, 0.15) is 5.37 Å². The lowest BCUT2D eigenvalue weighted by Crippen LogP contribution is -2.38. The van der Waals surface area contributed by atoms with Gasteiger partial charge in [0, 0.05) is 24.3 Å². The Kier molecular flexibility index (Phi) is 6.45. The minimum absolute atomic E-state index is 0.0439. The predicted molar refractivity (Wildman–Crippen MR) is 92.5 cm³/mol. The average molecular weight is 339 g/mol. The molecule has 0 radical (unpaired) electrons. The first-order chi connectivity index (χ1) is 11.2. The fourth-order valence-electron chi connectivity index (χ4n) is 2.77. The molecule has 1 saturated heterocycles. The van der Waals surface area contributed by atoms with Crippen LogP contribution < -0.4 is 14.2 Å². The smallest absolute Gasteiger partial charge is 0.224 e. The summed E-state index contributed by atoms with van der Waals surface area (Å²) >= 11 is 1.77. The highest BCUT2D eigenvalue weighted by Gasteiger charge is 2.33. The quantitative estimate of drug-likeness (QED) is 0.761. The van der Waals surface area contributed by atoms with Gasteiger partial charge in [0.25, 0.3) is 0 Å². The molecule has 0 aromatic heterocycles. The summed E-state index contributed by atoms with van der Waals surface area (Å²) in [5, 5.41) is -0.0439. The molecule has 1 fully saturated rings. The Morgan fingerprint density at radius 2 is 1.91 bits per heavy atom. The first-order valence-electron chi connectivity index (χ1n) is 7.87. The molecule has 0 aliphatic carbocycles. The van der Waals surface area contributed by atoms with Gasteiger partial charge in [0.15, 0.2) is 11.5 Å². The third-order valence-electron chi connectivity index (χ3n) is 3.95. The maximum atomic E-state index is 12.4. The second kappa shape index (κ2) is 8.34. The lowest BCUT2D eigenvalue weighted by molar-refractivity contribution is -0.132. The minimum Gasteiger partial charge on any atom is -0.493 e. The molecular weight excluding hydrogens is 314 g/mol. The number of amides is 1. The van der Waals surface area contributed by atoms with E-state index in [4.69, 9.17) is 14.2 Å². The average Bonchev–Trinajstić information content (AvgIpc) is 2.59. The van der Waals surface area contributed by atoms with E-state index in [-0.39, 0.29) is 11.3 Å². The molecule has 0 N–H and O–H groups in total. The summed E-state index contributed by atoms with van der Waals surface area (Å²) in [6.07, 6.45) is 2.66. The molecule has 1 aromatic carbocycles. The topological polar surface area (TPSA) is 48.0 Å². The molecule has 0 bridgehead atoms. The number of thioether (sulfide) groups is 1. The van der Waals surface area contributed by atoms with Crippen LogP contribution in [0, 0.1) is 0 Å². The van der Waals surface area contributed by atoms with E-state index in [2.05, 4.69) is 6.92 Å². The van der Waals surface area contributed by atoms with Gasteiger partial charge in [0.05, 0.1) is 21.3 Å². The van der Waals surface area contributed by atoms with Crippen molar-refractivity contribution in [3.05, 3.63) is 17.7 Å². The van der Waals surface area contributed by atoms with Gasteiger partial charge < -0.3 is 19.1 Å². The highest BCUT2D eigenvalue weighted by atomic mass is 32.2. The van der Waals surface area contributed by atoms with Crippen molar-refractivity contribution in [2.45, 2.75) is 31.6 Å². The van der Waals surface area contributed by atoms with E-state index in [1.807, 2.05) is 17.0 Å². The number of benzene rings is 1. The fourth-order valence-corrected chi connectivity index (χ4v) is 4.05. The van der Waals surface area contributed by atoms with E-state index < -0.39 is 0 Å². The minimum atomic E-state index is -0.0439. The van der Waals surface area contributed by atoms with Crippen molar-refractivity contribution in [1.82, 2.24) is 4.90 Å². The second-order valence-electron chi connectivity index (χ2n) is 5.34. The molecule has 1 heterocycles. The van der Waals surface area contributed by atoms with Crippen LogP contribution in [-0.2, 0) is 4.79 Å². The van der Waals surface area contributed by atoms with Gasteiger partial charge in [-0.25, -0.2) is 0 Å². The van der Waals surface area contributed by atoms with E-state index in [9.17, 15) is 4.79 Å². The largest absolute Gasteiger partial charge is 0.493 e. The summed E-state index contributed by atoms with van der Waals surface area (Å²) < 4.78 is 16.4. The van der Waals surface area contributed by atoms with Gasteiger partial charge in [-0.3, -0.25) is 4.79 Å². The summed E-state index contributed by atoms with van der Waals surface area (Å²) in [6, 6.07) is 3.84. The van der Waals surface area contributed by atoms with E-state index in [0.29, 0.717) is 23.7 Å². The number of methoxy groups -OCH3 is 3. The molecule has 0 saturated carbocycles. The molecule has 1 aliphatic heterocycles. The Morgan fingerprint density at radius 1 is 1.17 bits per heavy atom. The van der Waals surface area contributed by atoms with E-state index in [1.165, 1.54) is 0 Å². The molecule has 5 nitrogen and oxygen atoms in total. The van der Waals surface area contributed by atoms with Crippen LogP contribution in [0.15, 0.2) is 12.1 Å². The van der Waals surface area contributed by atoms with Crippen molar-refractivity contribution in [3.8, 4) is 17.2 Å². The molecule has 1 unspecified atom stereocenters. The lowest BCUT2D eigenvalue weighted by atomic mass is 10.1. The monoisotopic (exact) mass is 339 g/mol. The molecule has 2 rings (SSSR count). The van der Waals surface area contributed by atoms with Crippen LogP contribution in [-0.4, -0.2) is 44.4 Å². The number of hydrogen-bond donors (Lipinski definition) is 0. The van der Waals surface area contributed by atoms with Gasteiger partial charge in [0.2, 0.25) is 11.7 Å². The number of unbranched alkanes of at least 4 members (excludes halogenated alkanes) is 1. The van der Waals surface area contributed by atoms with Gasteiger partial charge >= 0.3 is 0 Å². The first kappa shape index (κ1) is 17.8. The maximum Gasteiger partial charge on any atom is 0.224 e. The fraction of sp³-hybridized carbons (Fsp3) is 0.588. The Balaban J connectivity index is 2.43. The zero-order valence-electron chi connectivity index (χ0n) is 14.3. The summed E-state index contributed by atoms with van der Waals surface area (Å²) in [7, 11) is 4.81. The summed E-state index contributed by atoms with van der Waals surface area (Å²) in [4.78, 5) is 14.3. The molecule has 0 spiro atoms. The van der Waals surface area contributed by atoms with E-state index >= 15 is 0 Å². The van der Waals surface area contributed by atoms with Gasteiger partial charge in [-0.1, -0.05) is 13.3 Å². The zero-order chi connectivity index (χ0) is 16.8. The number of ether oxygens (including phenoxy) is 3. The third kappa shape index (κ3) is 3.68. The van der Waals surface area contributed by atoms with Crippen LogP contribution in [0.3, 0.4) is 0 Å². The summed E-state index contributed by atoms with van der Waals surface area (Å²) in [5.74, 6) is 2.87. The van der Waals surface area contributed by atoms with Crippen LogP contribution in [0.5, 0.6) is 17.2 Å². The van der Waals surface area contributed by atoms with Crippen LogP contribution in [0.1, 0.15) is 37.1 Å². The van der Waals surface area contributed by atoms with Crippen molar-refractivity contribution in [1.29, 1.82) is 0 Å². The van der Waals surface area contributed by atoms with Gasteiger partial charge in [-0.2, -0.15) is 0 Å². The zero-order valence-corrected chi connectivity index (χ0v) is 15.1. The molecule has 1 atom stereocenters. The predicted octanol–water partition coefficient (Wildman–Crippen LogP) is 3.48. The number of nitrogens with zero attached hydrogens (tertiary/aromatic N) is 1.